The van der Waals surface area contributed by atoms with E-state index in [1.807, 2.05) is 0 Å². The Hall–Kier alpha value is -1.06. The average Bonchev–Trinajstić information content (AvgIpc) is 2.40. The fraction of sp³-hybridized carbons (Fsp3) is 0.647. The molecule has 3 heteroatoms. The largest absolute Gasteiger partial charge is 0.368 e. The number of nitrogens with zero attached hydrogens (tertiary/aromatic N) is 2. The molecule has 0 aliphatic carbocycles. The second kappa shape index (κ2) is 8.28. The quantitative estimate of drug-likeness (QED) is 0.793. The van der Waals surface area contributed by atoms with Crippen LogP contribution in [0.5, 0.6) is 0 Å². The van der Waals surface area contributed by atoms with Gasteiger partial charge < -0.3 is 15.5 Å². The summed E-state index contributed by atoms with van der Waals surface area (Å²) in [5, 5.41) is 0. The molecule has 2 unspecified atom stereocenters. The zero-order valence-electron chi connectivity index (χ0n) is 13.8. The summed E-state index contributed by atoms with van der Waals surface area (Å²) in [7, 11) is 4.25. The Balaban J connectivity index is 2.74. The van der Waals surface area contributed by atoms with Crippen molar-refractivity contribution >= 4 is 5.69 Å². The van der Waals surface area contributed by atoms with Gasteiger partial charge in [-0.1, -0.05) is 19.1 Å². The van der Waals surface area contributed by atoms with Crippen molar-refractivity contribution in [1.29, 1.82) is 0 Å². The second-order valence-electron chi connectivity index (χ2n) is 5.94. The van der Waals surface area contributed by atoms with Crippen LogP contribution in [0.25, 0.3) is 0 Å². The van der Waals surface area contributed by atoms with E-state index in [0.717, 1.165) is 25.9 Å². The Bertz CT molecular complexity index is 372. The predicted molar refractivity (Wildman–Crippen MR) is 89.4 cm³/mol. The van der Waals surface area contributed by atoms with Crippen molar-refractivity contribution in [3.63, 3.8) is 0 Å². The van der Waals surface area contributed by atoms with Gasteiger partial charge in [0.1, 0.15) is 0 Å². The monoisotopic (exact) mass is 277 g/mol. The summed E-state index contributed by atoms with van der Waals surface area (Å²) in [5.41, 5.74) is 8.65. The highest BCUT2D eigenvalue weighted by Crippen LogP contribution is 2.19. The first kappa shape index (κ1) is 17.0. The van der Waals surface area contributed by atoms with Crippen LogP contribution in [0.3, 0.4) is 0 Å². The Morgan fingerprint density at radius 3 is 2.15 bits per heavy atom. The van der Waals surface area contributed by atoms with E-state index < -0.39 is 0 Å². The predicted octanol–water partition coefficient (Wildman–Crippen LogP) is 2.74. The maximum Gasteiger partial charge on any atom is 0.0388 e. The van der Waals surface area contributed by atoms with Gasteiger partial charge in [0.2, 0.25) is 0 Å². The maximum absolute atomic E-state index is 6.02. The van der Waals surface area contributed by atoms with E-state index in [1.165, 1.54) is 11.3 Å². The minimum atomic E-state index is 0.274. The van der Waals surface area contributed by atoms with E-state index in [9.17, 15) is 0 Å². The lowest BCUT2D eigenvalue weighted by molar-refractivity contribution is 0.373. The second-order valence-corrected chi connectivity index (χ2v) is 5.94. The van der Waals surface area contributed by atoms with E-state index in [2.05, 4.69) is 68.9 Å². The molecule has 0 saturated heterocycles. The third-order valence-electron chi connectivity index (χ3n) is 3.79. The van der Waals surface area contributed by atoms with Crippen LogP contribution in [-0.4, -0.2) is 44.2 Å². The molecule has 20 heavy (non-hydrogen) atoms. The molecule has 114 valence electrons. The normalized spacial score (nSPS) is 14.3. The van der Waals surface area contributed by atoms with E-state index in [4.69, 9.17) is 5.73 Å². The van der Waals surface area contributed by atoms with Gasteiger partial charge in [0.05, 0.1) is 0 Å². The molecule has 2 atom stereocenters. The number of rotatable bonds is 8. The lowest BCUT2D eigenvalue weighted by Gasteiger charge is -2.32. The molecule has 0 radical (unpaired) electrons. The average molecular weight is 277 g/mol. The van der Waals surface area contributed by atoms with E-state index in [0.29, 0.717) is 6.04 Å². The van der Waals surface area contributed by atoms with Crippen LogP contribution in [0.15, 0.2) is 24.3 Å². The van der Waals surface area contributed by atoms with Crippen molar-refractivity contribution in [3.8, 4) is 0 Å². The Morgan fingerprint density at radius 2 is 1.70 bits per heavy atom. The number of hydrogen-bond acceptors (Lipinski definition) is 3. The fourth-order valence-corrected chi connectivity index (χ4v) is 2.65. The van der Waals surface area contributed by atoms with Crippen LogP contribution in [0.1, 0.15) is 32.8 Å². The van der Waals surface area contributed by atoms with Gasteiger partial charge in [0.25, 0.3) is 0 Å². The van der Waals surface area contributed by atoms with Gasteiger partial charge in [-0.15, -0.1) is 0 Å². The molecule has 0 aliphatic heterocycles. The third kappa shape index (κ3) is 5.14. The molecule has 0 saturated carbocycles. The van der Waals surface area contributed by atoms with E-state index in [1.54, 1.807) is 0 Å². The van der Waals surface area contributed by atoms with E-state index >= 15 is 0 Å². The zero-order chi connectivity index (χ0) is 15.1. The van der Waals surface area contributed by atoms with Crippen molar-refractivity contribution < 1.29 is 0 Å². The van der Waals surface area contributed by atoms with Crippen LogP contribution in [0.2, 0.25) is 0 Å². The smallest absolute Gasteiger partial charge is 0.0388 e. The molecule has 1 aromatic carbocycles. The van der Waals surface area contributed by atoms with Crippen LogP contribution in [0, 0.1) is 0 Å². The molecule has 1 aromatic rings. The Kier molecular flexibility index (Phi) is 7.03. The summed E-state index contributed by atoms with van der Waals surface area (Å²) < 4.78 is 0. The highest BCUT2D eigenvalue weighted by atomic mass is 15.2. The molecule has 2 N–H and O–H groups in total. The number of nitrogens with two attached hydrogens (primary N) is 1. The topological polar surface area (TPSA) is 32.5 Å². The van der Waals surface area contributed by atoms with Crippen molar-refractivity contribution in [3.05, 3.63) is 29.8 Å². The van der Waals surface area contributed by atoms with Crippen LogP contribution < -0.4 is 10.6 Å². The first-order valence-corrected chi connectivity index (χ1v) is 7.73. The number of anilines is 1. The van der Waals surface area contributed by atoms with Gasteiger partial charge in [0, 0.05) is 30.9 Å². The first-order valence-electron chi connectivity index (χ1n) is 7.73. The summed E-state index contributed by atoms with van der Waals surface area (Å²) in [5.74, 6) is 0. The molecule has 0 aliphatic rings. The van der Waals surface area contributed by atoms with Crippen molar-refractivity contribution in [2.75, 3.05) is 32.1 Å². The fourth-order valence-electron chi connectivity index (χ4n) is 2.65. The molecule has 0 aromatic heterocycles. The van der Waals surface area contributed by atoms with Gasteiger partial charge in [0.15, 0.2) is 0 Å². The number of hydrogen-bond donors (Lipinski definition) is 1. The summed E-state index contributed by atoms with van der Waals surface area (Å²) in [4.78, 5) is 4.69. The maximum atomic E-state index is 6.02. The van der Waals surface area contributed by atoms with Crippen LogP contribution in [0.4, 0.5) is 5.69 Å². The third-order valence-corrected chi connectivity index (χ3v) is 3.79. The van der Waals surface area contributed by atoms with Gasteiger partial charge >= 0.3 is 0 Å². The Morgan fingerprint density at radius 1 is 1.10 bits per heavy atom. The van der Waals surface area contributed by atoms with Crippen LogP contribution >= 0.6 is 0 Å². The summed E-state index contributed by atoms with van der Waals surface area (Å²) >= 11 is 0. The van der Waals surface area contributed by atoms with Crippen molar-refractivity contribution in [2.45, 2.75) is 45.7 Å². The van der Waals surface area contributed by atoms with Gasteiger partial charge in [-0.3, -0.25) is 0 Å². The molecule has 3 nitrogen and oxygen atoms in total. The lowest BCUT2D eigenvalue weighted by atomic mass is 10.0. The summed E-state index contributed by atoms with van der Waals surface area (Å²) in [6.07, 6.45) is 2.00. The molecule has 0 amide bonds. The van der Waals surface area contributed by atoms with Gasteiger partial charge in [-0.05, 0) is 58.5 Å². The molecular weight excluding hydrogens is 246 g/mol. The molecule has 0 spiro atoms. The summed E-state index contributed by atoms with van der Waals surface area (Å²) in [6.45, 7) is 8.73. The van der Waals surface area contributed by atoms with Gasteiger partial charge in [-0.2, -0.15) is 0 Å². The molecule has 1 rings (SSSR count). The molecule has 0 bridgehead atoms. The van der Waals surface area contributed by atoms with Crippen LogP contribution in [-0.2, 0) is 6.42 Å². The minimum absolute atomic E-state index is 0.274. The minimum Gasteiger partial charge on any atom is -0.368 e. The number of likely N-dealkylation sites (N-methyl/N-ethyl adjacent to an activating group) is 2. The van der Waals surface area contributed by atoms with Crippen molar-refractivity contribution in [1.82, 2.24) is 4.90 Å². The highest BCUT2D eigenvalue weighted by molar-refractivity contribution is 5.48. The SMILES string of the molecule is CCC(N)Cc1ccc(N(CC)C(C)CN(C)C)cc1. The molecule has 0 fully saturated rings. The molecule has 0 heterocycles. The van der Waals surface area contributed by atoms with E-state index in [-0.39, 0.29) is 6.04 Å². The standard InChI is InChI=1S/C17H31N3/c1-6-16(18)12-15-8-10-17(11-9-15)20(7-2)14(3)13-19(4)5/h8-11,14,16H,6-7,12-13,18H2,1-5H3. The molecular formula is C17H31N3. The summed E-state index contributed by atoms with van der Waals surface area (Å²) in [6, 6.07) is 9.68. The first-order chi connectivity index (χ1) is 9.47. The van der Waals surface area contributed by atoms with Crippen molar-refractivity contribution in [2.24, 2.45) is 5.73 Å². The zero-order valence-corrected chi connectivity index (χ0v) is 13.8. The lowest BCUT2D eigenvalue weighted by Crippen LogP contribution is -2.40. The van der Waals surface area contributed by atoms with Gasteiger partial charge in [-0.25, -0.2) is 0 Å². The highest BCUT2D eigenvalue weighted by Gasteiger charge is 2.13. The Labute approximate surface area is 124 Å². The number of benzene rings is 1.